The molecule has 134 valence electrons. The predicted octanol–water partition coefficient (Wildman–Crippen LogP) is 2.66. The molecule has 1 aromatic rings. The molecule has 0 bridgehead atoms. The largest absolute Gasteiger partial charge is 0.395 e. The molecule has 0 spiro atoms. The van der Waals surface area contributed by atoms with Crippen molar-refractivity contribution < 1.29 is 9.90 Å². The molecule has 2 rings (SSSR count). The highest BCUT2D eigenvalue weighted by Crippen LogP contribution is 2.28. The van der Waals surface area contributed by atoms with E-state index in [0.717, 1.165) is 39.0 Å². The van der Waals surface area contributed by atoms with Crippen LogP contribution in [0.2, 0.25) is 0 Å². The number of hydrogen-bond donors (Lipinski definition) is 1. The van der Waals surface area contributed by atoms with Crippen LogP contribution in [-0.2, 0) is 10.2 Å². The lowest BCUT2D eigenvalue weighted by molar-refractivity contribution is -0.133. The number of nitrogens with zero attached hydrogens (tertiary/aromatic N) is 2. The second-order valence-corrected chi connectivity index (χ2v) is 7.41. The van der Waals surface area contributed by atoms with E-state index in [-0.39, 0.29) is 24.0 Å². The van der Waals surface area contributed by atoms with Crippen molar-refractivity contribution >= 4 is 5.91 Å². The second kappa shape index (κ2) is 8.63. The van der Waals surface area contributed by atoms with Gasteiger partial charge in [0.15, 0.2) is 0 Å². The Hall–Kier alpha value is -1.39. The molecule has 1 fully saturated rings. The third-order valence-corrected chi connectivity index (χ3v) is 5.38. The van der Waals surface area contributed by atoms with Gasteiger partial charge in [-0.1, -0.05) is 51.1 Å². The van der Waals surface area contributed by atoms with E-state index in [1.54, 1.807) is 0 Å². The molecule has 4 nitrogen and oxygen atoms in total. The third-order valence-electron chi connectivity index (χ3n) is 5.38. The van der Waals surface area contributed by atoms with Gasteiger partial charge in [0, 0.05) is 38.6 Å². The van der Waals surface area contributed by atoms with Crippen molar-refractivity contribution in [1.82, 2.24) is 9.80 Å². The standard InChI is InChI=1S/C20H32N2O2/c1-4-18(16-23)21-12-14-22(15-13-21)19(24)10-11-20(2,3)17-8-6-5-7-9-17/h5-9,18,23H,4,10-16H2,1-3H3. The highest BCUT2D eigenvalue weighted by Gasteiger charge is 2.27. The average molecular weight is 332 g/mol. The maximum Gasteiger partial charge on any atom is 0.222 e. The fourth-order valence-corrected chi connectivity index (χ4v) is 3.45. The Morgan fingerprint density at radius 1 is 1.17 bits per heavy atom. The third kappa shape index (κ3) is 4.81. The van der Waals surface area contributed by atoms with Crippen LogP contribution in [0.1, 0.15) is 45.6 Å². The Kier molecular flexibility index (Phi) is 6.81. The average Bonchev–Trinajstić information content (AvgIpc) is 2.62. The van der Waals surface area contributed by atoms with Gasteiger partial charge in [0.25, 0.3) is 0 Å². The minimum absolute atomic E-state index is 0.0168. The number of amides is 1. The predicted molar refractivity (Wildman–Crippen MR) is 98.0 cm³/mol. The Bertz CT molecular complexity index is 504. The number of aliphatic hydroxyl groups excluding tert-OH is 1. The number of rotatable bonds is 7. The molecule has 0 aliphatic carbocycles. The van der Waals surface area contributed by atoms with Gasteiger partial charge in [-0.3, -0.25) is 9.69 Å². The van der Waals surface area contributed by atoms with E-state index >= 15 is 0 Å². The summed E-state index contributed by atoms with van der Waals surface area (Å²) in [5.74, 6) is 0.260. The lowest BCUT2D eigenvalue weighted by Gasteiger charge is -2.38. The first-order valence-electron chi connectivity index (χ1n) is 9.16. The van der Waals surface area contributed by atoms with Crippen LogP contribution in [0.25, 0.3) is 0 Å². The van der Waals surface area contributed by atoms with Gasteiger partial charge in [0.05, 0.1) is 6.61 Å². The summed E-state index contributed by atoms with van der Waals surface area (Å²) in [7, 11) is 0. The molecule has 0 saturated carbocycles. The number of hydrogen-bond acceptors (Lipinski definition) is 3. The second-order valence-electron chi connectivity index (χ2n) is 7.41. The van der Waals surface area contributed by atoms with Gasteiger partial charge in [-0.05, 0) is 23.8 Å². The minimum atomic E-state index is 0.0168. The van der Waals surface area contributed by atoms with Gasteiger partial charge in [0.2, 0.25) is 5.91 Å². The molecule has 1 amide bonds. The number of aliphatic hydroxyl groups is 1. The quantitative estimate of drug-likeness (QED) is 0.835. The monoisotopic (exact) mass is 332 g/mol. The molecule has 1 saturated heterocycles. The molecule has 24 heavy (non-hydrogen) atoms. The summed E-state index contributed by atoms with van der Waals surface area (Å²) >= 11 is 0. The first-order valence-corrected chi connectivity index (χ1v) is 9.16. The molecule has 1 N–H and O–H groups in total. The van der Waals surface area contributed by atoms with E-state index in [4.69, 9.17) is 0 Å². The van der Waals surface area contributed by atoms with Crippen molar-refractivity contribution in [3.05, 3.63) is 35.9 Å². The van der Waals surface area contributed by atoms with Crippen LogP contribution >= 0.6 is 0 Å². The van der Waals surface area contributed by atoms with Crippen LogP contribution < -0.4 is 0 Å². The van der Waals surface area contributed by atoms with Crippen molar-refractivity contribution in [2.45, 2.75) is 51.5 Å². The molecule has 1 aliphatic rings. The number of piperazine rings is 1. The van der Waals surface area contributed by atoms with Gasteiger partial charge in [-0.25, -0.2) is 0 Å². The Balaban J connectivity index is 1.82. The van der Waals surface area contributed by atoms with E-state index in [9.17, 15) is 9.90 Å². The lowest BCUT2D eigenvalue weighted by atomic mass is 9.80. The molecule has 4 heteroatoms. The van der Waals surface area contributed by atoms with Gasteiger partial charge in [0.1, 0.15) is 0 Å². The van der Waals surface area contributed by atoms with E-state index in [2.05, 4.69) is 49.9 Å². The lowest BCUT2D eigenvalue weighted by Crippen LogP contribution is -2.52. The number of carbonyl (C=O) groups excluding carboxylic acids is 1. The highest BCUT2D eigenvalue weighted by atomic mass is 16.3. The zero-order valence-electron chi connectivity index (χ0n) is 15.4. The molecular formula is C20H32N2O2. The molecule has 1 atom stereocenters. The Morgan fingerprint density at radius 3 is 2.33 bits per heavy atom. The first kappa shape index (κ1) is 18.9. The van der Waals surface area contributed by atoms with E-state index in [0.29, 0.717) is 6.42 Å². The SMILES string of the molecule is CCC(CO)N1CCN(C(=O)CCC(C)(C)c2ccccc2)CC1. The smallest absolute Gasteiger partial charge is 0.222 e. The molecule has 0 aromatic heterocycles. The molecular weight excluding hydrogens is 300 g/mol. The van der Waals surface area contributed by atoms with E-state index in [1.165, 1.54) is 5.56 Å². The van der Waals surface area contributed by atoms with Gasteiger partial charge in [-0.2, -0.15) is 0 Å². The Morgan fingerprint density at radius 2 is 1.79 bits per heavy atom. The van der Waals surface area contributed by atoms with Crippen LogP contribution in [0, 0.1) is 0 Å². The summed E-state index contributed by atoms with van der Waals surface area (Å²) in [5.41, 5.74) is 1.31. The summed E-state index contributed by atoms with van der Waals surface area (Å²) in [6.45, 7) is 10.0. The molecule has 0 radical (unpaired) electrons. The van der Waals surface area contributed by atoms with Gasteiger partial charge in [-0.15, -0.1) is 0 Å². The topological polar surface area (TPSA) is 43.8 Å². The minimum Gasteiger partial charge on any atom is -0.395 e. The maximum absolute atomic E-state index is 12.5. The van der Waals surface area contributed by atoms with Crippen molar-refractivity contribution in [2.24, 2.45) is 0 Å². The van der Waals surface area contributed by atoms with Crippen LogP contribution in [0.3, 0.4) is 0 Å². The van der Waals surface area contributed by atoms with Crippen molar-refractivity contribution in [3.8, 4) is 0 Å². The maximum atomic E-state index is 12.5. The van der Waals surface area contributed by atoms with Crippen molar-refractivity contribution in [2.75, 3.05) is 32.8 Å². The van der Waals surface area contributed by atoms with Gasteiger partial charge >= 0.3 is 0 Å². The molecule has 1 unspecified atom stereocenters. The van der Waals surface area contributed by atoms with Crippen molar-refractivity contribution in [1.29, 1.82) is 0 Å². The summed E-state index contributed by atoms with van der Waals surface area (Å²) in [6, 6.07) is 10.7. The zero-order chi connectivity index (χ0) is 17.6. The van der Waals surface area contributed by atoms with E-state index < -0.39 is 0 Å². The van der Waals surface area contributed by atoms with Crippen LogP contribution in [0.5, 0.6) is 0 Å². The fourth-order valence-electron chi connectivity index (χ4n) is 3.45. The highest BCUT2D eigenvalue weighted by molar-refractivity contribution is 5.76. The molecule has 1 heterocycles. The fraction of sp³-hybridized carbons (Fsp3) is 0.650. The summed E-state index contributed by atoms with van der Waals surface area (Å²) in [4.78, 5) is 16.8. The Labute approximate surface area is 146 Å². The normalized spacial score (nSPS) is 17.8. The summed E-state index contributed by atoms with van der Waals surface area (Å²) in [5, 5.41) is 9.41. The van der Waals surface area contributed by atoms with Crippen molar-refractivity contribution in [3.63, 3.8) is 0 Å². The number of carbonyl (C=O) groups is 1. The zero-order valence-corrected chi connectivity index (χ0v) is 15.4. The van der Waals surface area contributed by atoms with Crippen LogP contribution in [0.15, 0.2) is 30.3 Å². The molecule has 1 aromatic carbocycles. The first-order chi connectivity index (χ1) is 11.5. The van der Waals surface area contributed by atoms with Crippen LogP contribution in [-0.4, -0.2) is 59.6 Å². The number of benzene rings is 1. The van der Waals surface area contributed by atoms with Crippen LogP contribution in [0.4, 0.5) is 0 Å². The summed E-state index contributed by atoms with van der Waals surface area (Å²) < 4.78 is 0. The summed E-state index contributed by atoms with van der Waals surface area (Å²) in [6.07, 6.45) is 2.42. The molecule has 1 aliphatic heterocycles. The van der Waals surface area contributed by atoms with E-state index in [1.807, 2.05) is 11.0 Å². The van der Waals surface area contributed by atoms with Gasteiger partial charge < -0.3 is 10.0 Å².